The molecule has 0 radical (unpaired) electrons. The highest BCUT2D eigenvalue weighted by atomic mass is 16.3. The molecule has 3 nitrogen and oxygen atoms in total. The van der Waals surface area contributed by atoms with Gasteiger partial charge in [0.25, 0.3) is 0 Å². The van der Waals surface area contributed by atoms with Gasteiger partial charge in [0.05, 0.1) is 6.61 Å². The molecule has 1 saturated heterocycles. The van der Waals surface area contributed by atoms with Gasteiger partial charge in [-0.1, -0.05) is 6.92 Å². The normalized spacial score (nSPS) is 41.4. The number of rotatable bonds is 3. The maximum absolute atomic E-state index is 9.50. The lowest BCUT2D eigenvalue weighted by Gasteiger charge is -2.36. The highest BCUT2D eigenvalue weighted by Gasteiger charge is 2.40. The molecule has 1 heterocycles. The van der Waals surface area contributed by atoms with E-state index in [1.54, 1.807) is 0 Å². The molecule has 3 unspecified atom stereocenters. The molecule has 0 spiro atoms. The standard InChI is InChI=1S/C13H26N2O/c1-11-4-3-7-15(9-11)12-5-6-13(8-12,10-16)14-2/h11-12,14,16H,3-10H2,1-2H3. The summed E-state index contributed by atoms with van der Waals surface area (Å²) in [4.78, 5) is 2.66. The fraction of sp³-hybridized carbons (Fsp3) is 1.00. The van der Waals surface area contributed by atoms with Crippen LogP contribution >= 0.6 is 0 Å². The quantitative estimate of drug-likeness (QED) is 0.759. The fourth-order valence-corrected chi connectivity index (χ4v) is 3.42. The third-order valence-electron chi connectivity index (χ3n) is 4.62. The van der Waals surface area contributed by atoms with Crippen molar-refractivity contribution in [3.05, 3.63) is 0 Å². The first-order valence-corrected chi connectivity index (χ1v) is 6.73. The molecule has 0 amide bonds. The van der Waals surface area contributed by atoms with Crippen LogP contribution in [0.3, 0.4) is 0 Å². The van der Waals surface area contributed by atoms with E-state index in [9.17, 15) is 5.11 Å². The van der Waals surface area contributed by atoms with Crippen LogP contribution in [0, 0.1) is 5.92 Å². The Kier molecular flexibility index (Phi) is 3.88. The molecule has 3 heteroatoms. The first kappa shape index (κ1) is 12.3. The van der Waals surface area contributed by atoms with E-state index in [1.165, 1.54) is 32.4 Å². The van der Waals surface area contributed by atoms with Crippen molar-refractivity contribution in [2.45, 2.75) is 50.6 Å². The Labute approximate surface area is 99.2 Å². The van der Waals surface area contributed by atoms with Crippen LogP contribution in [0.15, 0.2) is 0 Å². The second-order valence-electron chi connectivity index (χ2n) is 5.83. The van der Waals surface area contributed by atoms with E-state index in [0.29, 0.717) is 6.04 Å². The Hall–Kier alpha value is -0.120. The molecule has 2 fully saturated rings. The molecule has 0 aromatic heterocycles. The Morgan fingerprint density at radius 1 is 1.44 bits per heavy atom. The minimum atomic E-state index is 0.00531. The monoisotopic (exact) mass is 226 g/mol. The second kappa shape index (κ2) is 5.03. The molecule has 2 rings (SSSR count). The van der Waals surface area contributed by atoms with Gasteiger partial charge in [-0.15, -0.1) is 0 Å². The number of piperidine rings is 1. The van der Waals surface area contributed by atoms with Crippen molar-refractivity contribution in [3.8, 4) is 0 Å². The minimum Gasteiger partial charge on any atom is -0.394 e. The zero-order chi connectivity index (χ0) is 11.6. The molecule has 3 atom stereocenters. The van der Waals surface area contributed by atoms with E-state index in [0.717, 1.165) is 18.8 Å². The zero-order valence-corrected chi connectivity index (χ0v) is 10.7. The van der Waals surface area contributed by atoms with Crippen LogP contribution in [0.25, 0.3) is 0 Å². The third-order valence-corrected chi connectivity index (χ3v) is 4.62. The van der Waals surface area contributed by atoms with Gasteiger partial charge in [-0.2, -0.15) is 0 Å². The SMILES string of the molecule is CNC1(CO)CCC(N2CCCC(C)C2)C1. The van der Waals surface area contributed by atoms with E-state index in [1.807, 2.05) is 7.05 Å². The number of nitrogens with zero attached hydrogens (tertiary/aromatic N) is 1. The van der Waals surface area contributed by atoms with Gasteiger partial charge in [0.1, 0.15) is 0 Å². The largest absolute Gasteiger partial charge is 0.394 e. The van der Waals surface area contributed by atoms with Crippen molar-refractivity contribution >= 4 is 0 Å². The van der Waals surface area contributed by atoms with Crippen molar-refractivity contribution in [2.75, 3.05) is 26.7 Å². The van der Waals surface area contributed by atoms with Crippen LogP contribution in [0.4, 0.5) is 0 Å². The van der Waals surface area contributed by atoms with Crippen LogP contribution < -0.4 is 5.32 Å². The van der Waals surface area contributed by atoms with Crippen molar-refractivity contribution < 1.29 is 5.11 Å². The van der Waals surface area contributed by atoms with Crippen LogP contribution in [-0.4, -0.2) is 48.3 Å². The number of hydrogen-bond donors (Lipinski definition) is 2. The Balaban J connectivity index is 1.92. The summed E-state index contributed by atoms with van der Waals surface area (Å²) in [7, 11) is 1.98. The van der Waals surface area contributed by atoms with Crippen LogP contribution in [0.2, 0.25) is 0 Å². The van der Waals surface area contributed by atoms with Gasteiger partial charge in [0.2, 0.25) is 0 Å². The molecule has 0 aromatic rings. The first-order chi connectivity index (χ1) is 7.69. The number of nitrogens with one attached hydrogen (secondary N) is 1. The maximum Gasteiger partial charge on any atom is 0.0613 e. The Morgan fingerprint density at radius 2 is 2.25 bits per heavy atom. The number of hydrogen-bond acceptors (Lipinski definition) is 3. The molecule has 94 valence electrons. The average molecular weight is 226 g/mol. The van der Waals surface area contributed by atoms with Gasteiger partial charge in [0, 0.05) is 18.1 Å². The van der Waals surface area contributed by atoms with Gasteiger partial charge in [-0.25, -0.2) is 0 Å². The molecule has 2 aliphatic rings. The maximum atomic E-state index is 9.50. The van der Waals surface area contributed by atoms with E-state index in [-0.39, 0.29) is 12.1 Å². The predicted octanol–water partition coefficient (Wildman–Crippen LogP) is 1.22. The van der Waals surface area contributed by atoms with E-state index < -0.39 is 0 Å². The smallest absolute Gasteiger partial charge is 0.0613 e. The summed E-state index contributed by atoms with van der Waals surface area (Å²) in [6, 6.07) is 0.697. The van der Waals surface area contributed by atoms with Gasteiger partial charge >= 0.3 is 0 Å². The third kappa shape index (κ3) is 2.41. The molecule has 2 N–H and O–H groups in total. The predicted molar refractivity (Wildman–Crippen MR) is 66.5 cm³/mol. The Bertz CT molecular complexity index is 228. The van der Waals surface area contributed by atoms with Crippen LogP contribution in [0.5, 0.6) is 0 Å². The first-order valence-electron chi connectivity index (χ1n) is 6.73. The van der Waals surface area contributed by atoms with Crippen molar-refractivity contribution in [1.82, 2.24) is 10.2 Å². The van der Waals surface area contributed by atoms with Gasteiger partial charge in [0.15, 0.2) is 0 Å². The number of aliphatic hydroxyl groups excluding tert-OH is 1. The minimum absolute atomic E-state index is 0.00531. The molecule has 0 aromatic carbocycles. The molecule has 0 bridgehead atoms. The van der Waals surface area contributed by atoms with Crippen LogP contribution in [0.1, 0.15) is 39.0 Å². The molecular formula is C13H26N2O. The van der Waals surface area contributed by atoms with Crippen molar-refractivity contribution in [1.29, 1.82) is 0 Å². The highest BCUT2D eigenvalue weighted by molar-refractivity contribution is 4.99. The molecule has 1 aliphatic carbocycles. The van der Waals surface area contributed by atoms with E-state index in [2.05, 4.69) is 17.1 Å². The second-order valence-corrected chi connectivity index (χ2v) is 5.83. The summed E-state index contributed by atoms with van der Waals surface area (Å²) in [5.74, 6) is 0.854. The molecule has 1 saturated carbocycles. The topological polar surface area (TPSA) is 35.5 Å². The van der Waals surface area contributed by atoms with Crippen molar-refractivity contribution in [3.63, 3.8) is 0 Å². The highest BCUT2D eigenvalue weighted by Crippen LogP contribution is 2.34. The fourth-order valence-electron chi connectivity index (χ4n) is 3.42. The summed E-state index contributed by atoms with van der Waals surface area (Å²) < 4.78 is 0. The summed E-state index contributed by atoms with van der Waals surface area (Å²) in [5.41, 5.74) is 0.00531. The molecular weight excluding hydrogens is 200 g/mol. The van der Waals surface area contributed by atoms with Gasteiger partial charge in [-0.3, -0.25) is 0 Å². The Morgan fingerprint density at radius 3 is 2.81 bits per heavy atom. The summed E-state index contributed by atoms with van der Waals surface area (Å²) in [6.07, 6.45) is 6.22. The van der Waals surface area contributed by atoms with Gasteiger partial charge < -0.3 is 15.3 Å². The number of likely N-dealkylation sites (N-methyl/N-ethyl adjacent to an activating group) is 1. The number of aliphatic hydroxyl groups is 1. The summed E-state index contributed by atoms with van der Waals surface area (Å²) in [6.45, 7) is 5.16. The van der Waals surface area contributed by atoms with E-state index in [4.69, 9.17) is 0 Å². The summed E-state index contributed by atoms with van der Waals surface area (Å²) >= 11 is 0. The lowest BCUT2D eigenvalue weighted by atomic mass is 9.96. The van der Waals surface area contributed by atoms with Crippen molar-refractivity contribution in [2.24, 2.45) is 5.92 Å². The van der Waals surface area contributed by atoms with E-state index >= 15 is 0 Å². The lowest BCUT2D eigenvalue weighted by Crippen LogP contribution is -2.47. The molecule has 1 aliphatic heterocycles. The van der Waals surface area contributed by atoms with Gasteiger partial charge in [-0.05, 0) is 51.6 Å². The number of likely N-dealkylation sites (tertiary alicyclic amines) is 1. The van der Waals surface area contributed by atoms with Crippen LogP contribution in [-0.2, 0) is 0 Å². The average Bonchev–Trinajstić information content (AvgIpc) is 2.74. The zero-order valence-electron chi connectivity index (χ0n) is 10.7. The summed E-state index contributed by atoms with van der Waals surface area (Å²) in [5, 5.41) is 12.8. The molecule has 16 heavy (non-hydrogen) atoms. The lowest BCUT2D eigenvalue weighted by molar-refractivity contribution is 0.114.